The molecular formula is C19H26O6S2. The molecular weight excluding hydrogens is 388 g/mol. The summed E-state index contributed by atoms with van der Waals surface area (Å²) >= 11 is 0. The van der Waals surface area contributed by atoms with Crippen molar-refractivity contribution in [2.75, 3.05) is 6.61 Å². The highest BCUT2D eigenvalue weighted by molar-refractivity contribution is 7.86. The maximum atomic E-state index is 12.3. The zero-order valence-electron chi connectivity index (χ0n) is 15.4. The number of rotatable bonds is 11. The summed E-state index contributed by atoms with van der Waals surface area (Å²) in [6.07, 6.45) is 7.45. The molecule has 0 aromatic heterocycles. The highest BCUT2D eigenvalue weighted by atomic mass is 32.2. The summed E-state index contributed by atoms with van der Waals surface area (Å²) in [6.45, 7) is 2.29. The van der Waals surface area contributed by atoms with Gasteiger partial charge in [0.1, 0.15) is 0 Å². The Morgan fingerprint density at radius 2 is 1.33 bits per heavy atom. The Bertz CT molecular complexity index is 965. The summed E-state index contributed by atoms with van der Waals surface area (Å²) in [5.41, 5.74) is 0. The quantitative estimate of drug-likeness (QED) is 0.329. The van der Waals surface area contributed by atoms with Crippen LogP contribution in [0.25, 0.3) is 10.8 Å². The molecule has 8 heteroatoms. The van der Waals surface area contributed by atoms with E-state index in [-0.39, 0.29) is 16.4 Å². The van der Waals surface area contributed by atoms with Crippen molar-refractivity contribution >= 4 is 31.0 Å². The molecule has 0 atom stereocenters. The van der Waals surface area contributed by atoms with Gasteiger partial charge in [-0.15, -0.1) is 0 Å². The molecule has 1 N–H and O–H groups in total. The van der Waals surface area contributed by atoms with E-state index in [1.165, 1.54) is 49.6 Å². The molecule has 0 amide bonds. The first kappa shape index (κ1) is 21.8. The van der Waals surface area contributed by atoms with Crippen molar-refractivity contribution in [1.82, 2.24) is 0 Å². The van der Waals surface area contributed by atoms with Crippen LogP contribution >= 0.6 is 0 Å². The fraction of sp³-hybridized carbons (Fsp3) is 0.474. The topological polar surface area (TPSA) is 97.7 Å². The smallest absolute Gasteiger partial charge is 0.282 e. The van der Waals surface area contributed by atoms with Crippen LogP contribution in [0, 0.1) is 0 Å². The van der Waals surface area contributed by atoms with Gasteiger partial charge in [0, 0.05) is 0 Å². The zero-order chi connectivity index (χ0) is 19.9. The van der Waals surface area contributed by atoms with Gasteiger partial charge in [-0.25, -0.2) is 0 Å². The van der Waals surface area contributed by atoms with Crippen molar-refractivity contribution in [2.24, 2.45) is 0 Å². The second-order valence-electron chi connectivity index (χ2n) is 6.54. The fourth-order valence-electron chi connectivity index (χ4n) is 2.81. The Kier molecular flexibility index (Phi) is 7.79. The Morgan fingerprint density at radius 3 is 1.96 bits per heavy atom. The lowest BCUT2D eigenvalue weighted by atomic mass is 10.1. The van der Waals surface area contributed by atoms with E-state index in [2.05, 4.69) is 6.92 Å². The van der Waals surface area contributed by atoms with Crippen LogP contribution in [0.1, 0.15) is 51.9 Å². The van der Waals surface area contributed by atoms with Crippen LogP contribution in [0.15, 0.2) is 46.2 Å². The average molecular weight is 415 g/mol. The zero-order valence-corrected chi connectivity index (χ0v) is 17.1. The fourth-order valence-corrected chi connectivity index (χ4v) is 4.31. The Morgan fingerprint density at radius 1 is 0.778 bits per heavy atom. The second-order valence-corrected chi connectivity index (χ2v) is 9.58. The minimum absolute atomic E-state index is 0.0366. The maximum Gasteiger partial charge on any atom is 0.296 e. The van der Waals surface area contributed by atoms with Gasteiger partial charge in [0.25, 0.3) is 20.2 Å². The lowest BCUT2D eigenvalue weighted by Gasteiger charge is -2.08. The number of benzene rings is 2. The van der Waals surface area contributed by atoms with E-state index in [0.29, 0.717) is 17.2 Å². The van der Waals surface area contributed by atoms with E-state index < -0.39 is 20.2 Å². The molecule has 150 valence electrons. The summed E-state index contributed by atoms with van der Waals surface area (Å²) in [7, 11) is -8.27. The predicted molar refractivity (Wildman–Crippen MR) is 105 cm³/mol. The number of fused-ring (bicyclic) bond motifs is 1. The Balaban J connectivity index is 2.00. The third kappa shape index (κ3) is 6.57. The third-order valence-corrected chi connectivity index (χ3v) is 6.51. The number of unbranched alkanes of at least 4 members (excludes halogenated alkanes) is 6. The van der Waals surface area contributed by atoms with Crippen LogP contribution in [0.2, 0.25) is 0 Å². The van der Waals surface area contributed by atoms with Crippen LogP contribution in [0.5, 0.6) is 0 Å². The molecule has 0 aliphatic rings. The van der Waals surface area contributed by atoms with Crippen molar-refractivity contribution in [3.63, 3.8) is 0 Å². The molecule has 0 saturated carbocycles. The molecule has 0 aliphatic heterocycles. The number of hydrogen-bond acceptors (Lipinski definition) is 5. The molecule has 6 nitrogen and oxygen atoms in total. The molecule has 0 aliphatic carbocycles. The molecule has 0 spiro atoms. The van der Waals surface area contributed by atoms with Crippen molar-refractivity contribution < 1.29 is 25.6 Å². The van der Waals surface area contributed by atoms with Crippen molar-refractivity contribution in [1.29, 1.82) is 0 Å². The summed E-state index contributed by atoms with van der Waals surface area (Å²) in [5.74, 6) is 0. The van der Waals surface area contributed by atoms with Gasteiger partial charge in [-0.2, -0.15) is 16.8 Å². The molecule has 27 heavy (non-hydrogen) atoms. The van der Waals surface area contributed by atoms with Crippen LogP contribution < -0.4 is 0 Å². The predicted octanol–water partition coefficient (Wildman–Crippen LogP) is 4.54. The molecule has 0 radical (unpaired) electrons. The molecule has 2 aromatic rings. The standard InChI is InChI=1S/C19H26O6S2/c1-2-3-4-5-6-7-8-13-25-27(23,24)19-12-10-16-9-11-18(26(20,21)22)14-17(16)15-19/h9-12,14-15H,2-8,13H2,1H3,(H,20,21,22). The monoisotopic (exact) mass is 414 g/mol. The molecule has 0 bridgehead atoms. The van der Waals surface area contributed by atoms with Crippen LogP contribution in [-0.2, 0) is 24.4 Å². The Hall–Kier alpha value is -1.48. The van der Waals surface area contributed by atoms with Crippen molar-refractivity contribution in [3.05, 3.63) is 36.4 Å². The van der Waals surface area contributed by atoms with Crippen molar-refractivity contribution in [3.8, 4) is 0 Å². The van der Waals surface area contributed by atoms with Gasteiger partial charge < -0.3 is 0 Å². The van der Waals surface area contributed by atoms with E-state index >= 15 is 0 Å². The van der Waals surface area contributed by atoms with Crippen molar-refractivity contribution in [2.45, 2.75) is 61.7 Å². The van der Waals surface area contributed by atoms with Gasteiger partial charge in [-0.05, 0) is 41.5 Å². The molecule has 0 fully saturated rings. The van der Waals surface area contributed by atoms with E-state index in [1.54, 1.807) is 6.07 Å². The summed E-state index contributed by atoms with van der Waals surface area (Å²) in [4.78, 5) is -0.320. The summed E-state index contributed by atoms with van der Waals surface area (Å²) < 4.78 is 61.4. The van der Waals surface area contributed by atoms with E-state index in [9.17, 15) is 16.8 Å². The normalized spacial score (nSPS) is 12.5. The van der Waals surface area contributed by atoms with Gasteiger partial charge in [0.05, 0.1) is 16.4 Å². The van der Waals surface area contributed by atoms with Gasteiger partial charge in [-0.3, -0.25) is 8.74 Å². The van der Waals surface area contributed by atoms with E-state index in [4.69, 9.17) is 8.74 Å². The molecule has 0 unspecified atom stereocenters. The first-order chi connectivity index (χ1) is 12.7. The van der Waals surface area contributed by atoms with Crippen LogP contribution in [0.3, 0.4) is 0 Å². The van der Waals surface area contributed by atoms with E-state index in [0.717, 1.165) is 19.3 Å². The van der Waals surface area contributed by atoms with Gasteiger partial charge in [-0.1, -0.05) is 57.6 Å². The first-order valence-corrected chi connectivity index (χ1v) is 12.0. The van der Waals surface area contributed by atoms with Gasteiger partial charge in [0.15, 0.2) is 0 Å². The summed E-state index contributed by atoms with van der Waals surface area (Å²) in [6, 6.07) is 8.36. The minimum Gasteiger partial charge on any atom is -0.282 e. The molecule has 0 heterocycles. The highest BCUT2D eigenvalue weighted by Gasteiger charge is 2.16. The molecule has 0 saturated heterocycles. The van der Waals surface area contributed by atoms with E-state index in [1.807, 2.05) is 0 Å². The maximum absolute atomic E-state index is 12.3. The lowest BCUT2D eigenvalue weighted by Crippen LogP contribution is -2.07. The average Bonchev–Trinajstić information content (AvgIpc) is 2.62. The molecule has 2 rings (SSSR count). The lowest BCUT2D eigenvalue weighted by molar-refractivity contribution is 0.306. The highest BCUT2D eigenvalue weighted by Crippen LogP contribution is 2.23. The minimum atomic E-state index is -4.35. The first-order valence-electron chi connectivity index (χ1n) is 9.15. The second kappa shape index (κ2) is 9.64. The van der Waals surface area contributed by atoms with Crippen LogP contribution in [-0.4, -0.2) is 28.0 Å². The largest absolute Gasteiger partial charge is 0.296 e. The summed E-state index contributed by atoms with van der Waals surface area (Å²) in [5, 5.41) is 1.05. The number of hydrogen-bond donors (Lipinski definition) is 1. The Labute approximate surface area is 161 Å². The molecule has 2 aromatic carbocycles. The van der Waals surface area contributed by atoms with Crippen LogP contribution in [0.4, 0.5) is 0 Å². The third-order valence-electron chi connectivity index (χ3n) is 4.36. The van der Waals surface area contributed by atoms with Gasteiger partial charge in [0.2, 0.25) is 0 Å². The van der Waals surface area contributed by atoms with Gasteiger partial charge >= 0.3 is 0 Å². The SMILES string of the molecule is CCCCCCCCCOS(=O)(=O)c1ccc2ccc(S(=O)(=O)O)cc2c1.